The second-order valence-corrected chi connectivity index (χ2v) is 9.12. The Hall–Kier alpha value is -2.96. The Morgan fingerprint density at radius 2 is 1.91 bits per heavy atom. The zero-order valence-corrected chi connectivity index (χ0v) is 19.2. The molecule has 0 radical (unpaired) electrons. The first-order valence-corrected chi connectivity index (χ1v) is 11.9. The number of aromatic nitrogens is 1. The zero-order valence-electron chi connectivity index (χ0n) is 18.4. The van der Waals surface area contributed by atoms with E-state index in [0.29, 0.717) is 6.61 Å². The maximum absolute atomic E-state index is 12.5. The van der Waals surface area contributed by atoms with Crippen LogP contribution in [0, 0.1) is 6.92 Å². The number of hydrogen-bond donors (Lipinski definition) is 1. The van der Waals surface area contributed by atoms with Crippen molar-refractivity contribution in [3.8, 4) is 5.75 Å². The standard InChI is InChI=1S/C26H29N3O2S/c1-20-27-24(19-32-20)18-31-25-10-6-5-9-22(25)11-12-26(30)28-23-13-15-29(16-14-23)17-21-7-3-2-4-8-21/h2-12,19,23H,13-18H2,1H3,(H,28,30)/b12-11+. The lowest BCUT2D eigenvalue weighted by atomic mass is 10.0. The second-order valence-electron chi connectivity index (χ2n) is 8.06. The van der Waals surface area contributed by atoms with E-state index in [0.717, 1.165) is 54.5 Å². The molecule has 0 aliphatic carbocycles. The molecule has 1 amide bonds. The molecule has 166 valence electrons. The van der Waals surface area contributed by atoms with Crippen LogP contribution in [0.4, 0.5) is 0 Å². The van der Waals surface area contributed by atoms with Crippen LogP contribution in [0.5, 0.6) is 5.75 Å². The number of hydrogen-bond acceptors (Lipinski definition) is 5. The smallest absolute Gasteiger partial charge is 0.244 e. The minimum atomic E-state index is -0.0589. The highest BCUT2D eigenvalue weighted by molar-refractivity contribution is 7.09. The van der Waals surface area contributed by atoms with E-state index in [9.17, 15) is 4.79 Å². The van der Waals surface area contributed by atoms with Crippen molar-refractivity contribution in [1.82, 2.24) is 15.2 Å². The van der Waals surface area contributed by atoms with E-state index in [2.05, 4.69) is 39.5 Å². The molecule has 3 aromatic rings. The number of nitrogens with zero attached hydrogens (tertiary/aromatic N) is 2. The van der Waals surface area contributed by atoms with Crippen LogP contribution in [0.15, 0.2) is 66.1 Å². The van der Waals surface area contributed by atoms with Gasteiger partial charge in [-0.25, -0.2) is 4.98 Å². The van der Waals surface area contributed by atoms with Crippen molar-refractivity contribution >= 4 is 23.3 Å². The van der Waals surface area contributed by atoms with Crippen molar-refractivity contribution in [2.45, 2.75) is 39.0 Å². The van der Waals surface area contributed by atoms with Crippen LogP contribution in [0.2, 0.25) is 0 Å². The summed E-state index contributed by atoms with van der Waals surface area (Å²) < 4.78 is 5.94. The Labute approximate surface area is 193 Å². The quantitative estimate of drug-likeness (QED) is 0.503. The summed E-state index contributed by atoms with van der Waals surface area (Å²) in [5, 5.41) is 6.19. The molecule has 1 N–H and O–H groups in total. The van der Waals surface area contributed by atoms with E-state index in [4.69, 9.17) is 4.74 Å². The molecule has 6 heteroatoms. The number of piperidine rings is 1. The lowest BCUT2D eigenvalue weighted by Gasteiger charge is -2.32. The molecule has 1 aromatic heterocycles. The van der Waals surface area contributed by atoms with Gasteiger partial charge in [-0.1, -0.05) is 48.5 Å². The fourth-order valence-corrected chi connectivity index (χ4v) is 4.46. The third kappa shape index (κ3) is 6.52. The Morgan fingerprint density at radius 1 is 1.16 bits per heavy atom. The lowest BCUT2D eigenvalue weighted by Crippen LogP contribution is -2.43. The van der Waals surface area contributed by atoms with Crippen molar-refractivity contribution in [3.63, 3.8) is 0 Å². The van der Waals surface area contributed by atoms with Gasteiger partial charge in [0.25, 0.3) is 0 Å². The number of carbonyl (C=O) groups is 1. The van der Waals surface area contributed by atoms with Gasteiger partial charge < -0.3 is 10.1 Å². The van der Waals surface area contributed by atoms with Gasteiger partial charge in [-0.15, -0.1) is 11.3 Å². The number of carbonyl (C=O) groups excluding carboxylic acids is 1. The third-order valence-electron chi connectivity index (χ3n) is 5.56. The van der Waals surface area contributed by atoms with Crippen LogP contribution in [0.3, 0.4) is 0 Å². The first-order chi connectivity index (χ1) is 15.7. The number of aryl methyl sites for hydroxylation is 1. The molecule has 32 heavy (non-hydrogen) atoms. The number of amides is 1. The molecular formula is C26H29N3O2S. The Kier molecular flexibility index (Phi) is 7.69. The van der Waals surface area contributed by atoms with Gasteiger partial charge in [0.05, 0.1) is 10.7 Å². The van der Waals surface area contributed by atoms with Crippen molar-refractivity contribution in [2.75, 3.05) is 13.1 Å². The summed E-state index contributed by atoms with van der Waals surface area (Å²) in [6, 6.07) is 18.5. The molecule has 1 saturated heterocycles. The summed E-state index contributed by atoms with van der Waals surface area (Å²) >= 11 is 1.61. The van der Waals surface area contributed by atoms with E-state index in [1.54, 1.807) is 17.4 Å². The summed E-state index contributed by atoms with van der Waals surface area (Å²) in [7, 11) is 0. The number of para-hydroxylation sites is 1. The second kappa shape index (κ2) is 11.1. The van der Waals surface area contributed by atoms with Gasteiger partial charge in [-0.05, 0) is 37.5 Å². The monoisotopic (exact) mass is 447 g/mol. The van der Waals surface area contributed by atoms with Gasteiger partial charge in [0.15, 0.2) is 0 Å². The van der Waals surface area contributed by atoms with Crippen LogP contribution in [0.1, 0.15) is 34.7 Å². The number of thiazole rings is 1. The summed E-state index contributed by atoms with van der Waals surface area (Å²) in [6.45, 7) is 5.37. The summed E-state index contributed by atoms with van der Waals surface area (Å²) in [4.78, 5) is 19.4. The van der Waals surface area contributed by atoms with Crippen LogP contribution >= 0.6 is 11.3 Å². The molecule has 4 rings (SSSR count). The van der Waals surface area contributed by atoms with Crippen molar-refractivity contribution in [3.05, 3.63) is 87.9 Å². The first-order valence-electron chi connectivity index (χ1n) is 11.0. The van der Waals surface area contributed by atoms with Crippen LogP contribution in [-0.2, 0) is 17.9 Å². The van der Waals surface area contributed by atoms with Gasteiger partial charge in [0.2, 0.25) is 5.91 Å². The summed E-state index contributed by atoms with van der Waals surface area (Å²) in [6.07, 6.45) is 5.37. The fourth-order valence-electron chi connectivity index (χ4n) is 3.87. The normalized spacial score (nSPS) is 15.2. The molecule has 1 fully saturated rings. The third-order valence-corrected chi connectivity index (χ3v) is 6.38. The van der Waals surface area contributed by atoms with E-state index < -0.39 is 0 Å². The molecule has 2 aromatic carbocycles. The molecule has 1 aliphatic heterocycles. The van der Waals surface area contributed by atoms with Gasteiger partial charge in [0, 0.05) is 42.7 Å². The van der Waals surface area contributed by atoms with E-state index in [1.165, 1.54) is 5.56 Å². The molecule has 0 spiro atoms. The van der Waals surface area contributed by atoms with Crippen LogP contribution in [0.25, 0.3) is 6.08 Å². The number of ether oxygens (including phenoxy) is 1. The highest BCUT2D eigenvalue weighted by atomic mass is 32.1. The minimum Gasteiger partial charge on any atom is -0.487 e. The average Bonchev–Trinajstić information content (AvgIpc) is 3.24. The summed E-state index contributed by atoms with van der Waals surface area (Å²) in [5.74, 6) is 0.688. The average molecular weight is 448 g/mol. The lowest BCUT2D eigenvalue weighted by molar-refractivity contribution is -0.117. The molecule has 0 saturated carbocycles. The number of likely N-dealkylation sites (tertiary alicyclic amines) is 1. The maximum Gasteiger partial charge on any atom is 0.244 e. The SMILES string of the molecule is Cc1nc(COc2ccccc2/C=C/C(=O)NC2CCN(Cc3ccccc3)CC2)cs1. The van der Waals surface area contributed by atoms with Crippen molar-refractivity contribution in [2.24, 2.45) is 0 Å². The Balaban J connectivity index is 1.25. The Bertz CT molecular complexity index is 1040. The highest BCUT2D eigenvalue weighted by Crippen LogP contribution is 2.21. The minimum absolute atomic E-state index is 0.0589. The van der Waals surface area contributed by atoms with Crippen LogP contribution < -0.4 is 10.1 Å². The topological polar surface area (TPSA) is 54.5 Å². The molecular weight excluding hydrogens is 418 g/mol. The van der Waals surface area contributed by atoms with Crippen molar-refractivity contribution in [1.29, 1.82) is 0 Å². The van der Waals surface area contributed by atoms with Gasteiger partial charge in [-0.3, -0.25) is 9.69 Å². The number of nitrogens with one attached hydrogen (secondary N) is 1. The molecule has 0 atom stereocenters. The fraction of sp³-hybridized carbons (Fsp3) is 0.308. The largest absolute Gasteiger partial charge is 0.487 e. The van der Waals surface area contributed by atoms with Gasteiger partial charge in [0.1, 0.15) is 12.4 Å². The molecule has 0 unspecified atom stereocenters. The number of benzene rings is 2. The summed E-state index contributed by atoms with van der Waals surface area (Å²) in [5.41, 5.74) is 3.14. The maximum atomic E-state index is 12.5. The predicted octanol–water partition coefficient (Wildman–Crippen LogP) is 4.82. The highest BCUT2D eigenvalue weighted by Gasteiger charge is 2.20. The zero-order chi connectivity index (χ0) is 22.2. The first kappa shape index (κ1) is 22.2. The van der Waals surface area contributed by atoms with Gasteiger partial charge in [-0.2, -0.15) is 0 Å². The van der Waals surface area contributed by atoms with E-state index >= 15 is 0 Å². The van der Waals surface area contributed by atoms with Crippen LogP contribution in [-0.4, -0.2) is 34.9 Å². The van der Waals surface area contributed by atoms with Gasteiger partial charge >= 0.3 is 0 Å². The predicted molar refractivity (Wildman–Crippen MR) is 130 cm³/mol. The number of rotatable bonds is 8. The molecule has 0 bridgehead atoms. The molecule has 5 nitrogen and oxygen atoms in total. The van der Waals surface area contributed by atoms with E-state index in [1.807, 2.05) is 48.7 Å². The molecule has 1 aliphatic rings. The molecule has 2 heterocycles. The van der Waals surface area contributed by atoms with Crippen molar-refractivity contribution < 1.29 is 9.53 Å². The van der Waals surface area contributed by atoms with E-state index in [-0.39, 0.29) is 11.9 Å². The Morgan fingerprint density at radius 3 is 2.66 bits per heavy atom.